The second-order valence-electron chi connectivity index (χ2n) is 5.52. The fourth-order valence-electron chi connectivity index (χ4n) is 2.51. The van der Waals surface area contributed by atoms with Crippen molar-refractivity contribution in [2.75, 3.05) is 13.1 Å². The van der Waals surface area contributed by atoms with Gasteiger partial charge >= 0.3 is 0 Å². The van der Waals surface area contributed by atoms with Gasteiger partial charge in [0.1, 0.15) is 0 Å². The lowest BCUT2D eigenvalue weighted by Gasteiger charge is -2.28. The van der Waals surface area contributed by atoms with Crippen molar-refractivity contribution in [1.29, 1.82) is 0 Å². The number of hydrogen-bond acceptors (Lipinski definition) is 4. The summed E-state index contributed by atoms with van der Waals surface area (Å²) in [5.74, 6) is 0.0164. The molecule has 0 radical (unpaired) electrons. The molecule has 1 aromatic rings. The highest BCUT2D eigenvalue weighted by Gasteiger charge is 2.19. The van der Waals surface area contributed by atoms with Crippen LogP contribution in [0.15, 0.2) is 16.8 Å². The Morgan fingerprint density at radius 3 is 2.95 bits per heavy atom. The van der Waals surface area contributed by atoms with Gasteiger partial charge in [-0.15, -0.1) is 12.4 Å². The number of piperidine rings is 1. The first-order valence-corrected chi connectivity index (χ1v) is 8.42. The summed E-state index contributed by atoms with van der Waals surface area (Å²) in [5, 5.41) is 13.0. The molecule has 0 spiro atoms. The molecule has 1 aromatic heterocycles. The van der Waals surface area contributed by atoms with E-state index in [1.165, 1.54) is 11.3 Å². The Bertz CT molecular complexity index is 467. The third-order valence-corrected chi connectivity index (χ3v) is 4.32. The van der Waals surface area contributed by atoms with E-state index in [9.17, 15) is 9.59 Å². The van der Waals surface area contributed by atoms with E-state index in [4.69, 9.17) is 0 Å². The molecule has 124 valence electrons. The van der Waals surface area contributed by atoms with Crippen molar-refractivity contribution in [2.45, 2.75) is 44.7 Å². The van der Waals surface area contributed by atoms with Gasteiger partial charge in [0.2, 0.25) is 5.91 Å². The van der Waals surface area contributed by atoms with Crippen LogP contribution in [0.1, 0.15) is 43.0 Å². The summed E-state index contributed by atoms with van der Waals surface area (Å²) in [7, 11) is 0. The Morgan fingerprint density at radius 1 is 1.45 bits per heavy atom. The average Bonchev–Trinajstić information content (AvgIpc) is 2.97. The smallest absolute Gasteiger partial charge is 0.252 e. The first-order chi connectivity index (χ1) is 10.1. The third kappa shape index (κ3) is 6.34. The molecule has 7 heteroatoms. The van der Waals surface area contributed by atoms with Crippen molar-refractivity contribution < 1.29 is 9.59 Å². The average molecular weight is 346 g/mol. The highest BCUT2D eigenvalue weighted by atomic mass is 35.5. The van der Waals surface area contributed by atoms with Gasteiger partial charge in [0, 0.05) is 36.0 Å². The van der Waals surface area contributed by atoms with Gasteiger partial charge < -0.3 is 16.0 Å². The molecule has 2 unspecified atom stereocenters. The minimum atomic E-state index is -0.0659. The molecule has 0 aromatic carbocycles. The van der Waals surface area contributed by atoms with E-state index in [0.29, 0.717) is 31.0 Å². The number of nitrogens with one attached hydrogen (secondary N) is 3. The molecule has 22 heavy (non-hydrogen) atoms. The second kappa shape index (κ2) is 9.82. The molecule has 1 fully saturated rings. The standard InChI is InChI=1S/C15H23N3O2S.ClH/c1-11-9-13(4-7-16-11)18-14(19)3-2-6-17-15(20)12-5-8-21-10-12;/h5,8,10-11,13,16H,2-4,6-7,9H2,1H3,(H,17,20)(H,18,19);1H. The number of halogens is 1. The summed E-state index contributed by atoms with van der Waals surface area (Å²) in [4.78, 5) is 23.5. The highest BCUT2D eigenvalue weighted by molar-refractivity contribution is 7.08. The van der Waals surface area contributed by atoms with Crippen molar-refractivity contribution in [2.24, 2.45) is 0 Å². The Balaban J connectivity index is 0.00000242. The van der Waals surface area contributed by atoms with Crippen LogP contribution in [0.25, 0.3) is 0 Å². The number of carbonyl (C=O) groups excluding carboxylic acids is 2. The van der Waals surface area contributed by atoms with Gasteiger partial charge in [0.05, 0.1) is 0 Å². The number of rotatable bonds is 6. The van der Waals surface area contributed by atoms with Crippen molar-refractivity contribution in [3.8, 4) is 0 Å². The summed E-state index contributed by atoms with van der Waals surface area (Å²) in [6.45, 7) is 3.63. The highest BCUT2D eigenvalue weighted by Crippen LogP contribution is 2.08. The molecule has 3 N–H and O–H groups in total. The quantitative estimate of drug-likeness (QED) is 0.690. The first-order valence-electron chi connectivity index (χ1n) is 7.48. The molecule has 1 saturated heterocycles. The van der Waals surface area contributed by atoms with Gasteiger partial charge in [-0.05, 0) is 44.2 Å². The van der Waals surface area contributed by atoms with Crippen LogP contribution in [0, 0.1) is 0 Å². The van der Waals surface area contributed by atoms with Crippen molar-refractivity contribution in [3.05, 3.63) is 22.4 Å². The molecule has 2 heterocycles. The lowest BCUT2D eigenvalue weighted by atomic mass is 10.0. The van der Waals surface area contributed by atoms with Gasteiger partial charge in [0.25, 0.3) is 5.91 Å². The van der Waals surface area contributed by atoms with Gasteiger partial charge in [0.15, 0.2) is 0 Å². The predicted octanol–water partition coefficient (Wildman–Crippen LogP) is 1.94. The Morgan fingerprint density at radius 2 is 2.27 bits per heavy atom. The molecule has 2 amide bonds. The number of hydrogen-bond donors (Lipinski definition) is 3. The summed E-state index contributed by atoms with van der Waals surface area (Å²) in [6.07, 6.45) is 3.11. The van der Waals surface area contributed by atoms with E-state index in [1.54, 1.807) is 6.07 Å². The van der Waals surface area contributed by atoms with Crippen LogP contribution in [0.4, 0.5) is 0 Å². The Kier molecular flexibility index (Phi) is 8.45. The van der Waals surface area contributed by atoms with E-state index < -0.39 is 0 Å². The van der Waals surface area contributed by atoms with Gasteiger partial charge in [-0.1, -0.05) is 0 Å². The first kappa shape index (κ1) is 18.9. The number of thiophene rings is 1. The van der Waals surface area contributed by atoms with E-state index in [-0.39, 0.29) is 30.3 Å². The van der Waals surface area contributed by atoms with E-state index in [2.05, 4.69) is 22.9 Å². The summed E-state index contributed by atoms with van der Waals surface area (Å²) in [6, 6.07) is 2.55. The fourth-order valence-corrected chi connectivity index (χ4v) is 3.15. The van der Waals surface area contributed by atoms with Crippen LogP contribution in [0.2, 0.25) is 0 Å². The minimum absolute atomic E-state index is 0. The molecular formula is C15H24ClN3O2S. The zero-order chi connectivity index (χ0) is 15.1. The van der Waals surface area contributed by atoms with Crippen molar-refractivity contribution in [3.63, 3.8) is 0 Å². The van der Waals surface area contributed by atoms with Crippen molar-refractivity contribution in [1.82, 2.24) is 16.0 Å². The summed E-state index contributed by atoms with van der Waals surface area (Å²) in [5.41, 5.74) is 0.688. The maximum absolute atomic E-state index is 11.8. The zero-order valence-corrected chi connectivity index (χ0v) is 14.4. The molecule has 0 saturated carbocycles. The maximum atomic E-state index is 11.8. The molecule has 2 rings (SSSR count). The lowest BCUT2D eigenvalue weighted by Crippen LogP contribution is -2.46. The van der Waals surface area contributed by atoms with Gasteiger partial charge in [-0.2, -0.15) is 11.3 Å². The van der Waals surface area contributed by atoms with E-state index in [0.717, 1.165) is 19.4 Å². The Hall–Kier alpha value is -1.11. The second-order valence-corrected chi connectivity index (χ2v) is 6.30. The van der Waals surface area contributed by atoms with E-state index in [1.807, 2.05) is 10.8 Å². The molecule has 1 aliphatic heterocycles. The summed E-state index contributed by atoms with van der Waals surface area (Å²) >= 11 is 1.50. The minimum Gasteiger partial charge on any atom is -0.353 e. The normalized spacial score (nSPS) is 20.8. The molecule has 2 atom stereocenters. The summed E-state index contributed by atoms with van der Waals surface area (Å²) < 4.78 is 0. The third-order valence-electron chi connectivity index (χ3n) is 3.64. The van der Waals surface area contributed by atoms with Crippen LogP contribution in [0.5, 0.6) is 0 Å². The van der Waals surface area contributed by atoms with Crippen LogP contribution in [-0.4, -0.2) is 37.0 Å². The zero-order valence-electron chi connectivity index (χ0n) is 12.8. The fraction of sp³-hybridized carbons (Fsp3) is 0.600. The molecular weight excluding hydrogens is 322 g/mol. The molecule has 1 aliphatic rings. The van der Waals surface area contributed by atoms with Gasteiger partial charge in [-0.3, -0.25) is 9.59 Å². The molecule has 0 bridgehead atoms. The maximum Gasteiger partial charge on any atom is 0.252 e. The SMILES string of the molecule is CC1CC(NC(=O)CCCNC(=O)c2ccsc2)CCN1.Cl. The number of carbonyl (C=O) groups is 2. The topological polar surface area (TPSA) is 70.2 Å². The van der Waals surface area contributed by atoms with Crippen LogP contribution in [-0.2, 0) is 4.79 Å². The van der Waals surface area contributed by atoms with Crippen LogP contribution in [0.3, 0.4) is 0 Å². The largest absolute Gasteiger partial charge is 0.353 e. The van der Waals surface area contributed by atoms with Crippen LogP contribution >= 0.6 is 23.7 Å². The molecule has 0 aliphatic carbocycles. The monoisotopic (exact) mass is 345 g/mol. The van der Waals surface area contributed by atoms with Gasteiger partial charge in [-0.25, -0.2) is 0 Å². The van der Waals surface area contributed by atoms with E-state index >= 15 is 0 Å². The predicted molar refractivity (Wildman–Crippen MR) is 91.8 cm³/mol. The lowest BCUT2D eigenvalue weighted by molar-refractivity contribution is -0.122. The van der Waals surface area contributed by atoms with Crippen LogP contribution < -0.4 is 16.0 Å². The Labute approximate surface area is 141 Å². The van der Waals surface area contributed by atoms with Crippen molar-refractivity contribution >= 4 is 35.6 Å². The number of amides is 2. The molecule has 5 nitrogen and oxygen atoms in total.